The van der Waals surface area contributed by atoms with E-state index in [2.05, 4.69) is 36.4 Å². The number of amides is 1. The zero-order chi connectivity index (χ0) is 23.8. The average Bonchev–Trinajstić information content (AvgIpc) is 3.46. The Morgan fingerprint density at radius 1 is 1.21 bits per heavy atom. The van der Waals surface area contributed by atoms with Gasteiger partial charge in [0.1, 0.15) is 0 Å². The summed E-state index contributed by atoms with van der Waals surface area (Å²) in [5.74, 6) is 2.79. The van der Waals surface area contributed by atoms with Crippen LogP contribution in [0.3, 0.4) is 0 Å². The van der Waals surface area contributed by atoms with Gasteiger partial charge in [-0.2, -0.15) is 0 Å². The highest BCUT2D eigenvalue weighted by atomic mass is 16.3. The maximum Gasteiger partial charge on any atom is 0.254 e. The summed E-state index contributed by atoms with van der Waals surface area (Å²) in [6, 6.07) is 0.246. The second-order valence-electron chi connectivity index (χ2n) is 10.8. The molecule has 2 aliphatic rings. The van der Waals surface area contributed by atoms with Crippen molar-refractivity contribution >= 4 is 11.9 Å². The Morgan fingerprint density at radius 3 is 2.64 bits per heavy atom. The first-order chi connectivity index (χ1) is 15.9. The van der Waals surface area contributed by atoms with E-state index in [1.807, 2.05) is 0 Å². The molecule has 3 N–H and O–H groups in total. The van der Waals surface area contributed by atoms with E-state index in [1.54, 1.807) is 13.1 Å². The van der Waals surface area contributed by atoms with Gasteiger partial charge in [-0.25, -0.2) is 9.97 Å². The van der Waals surface area contributed by atoms with Crippen LogP contribution < -0.4 is 10.6 Å². The second kappa shape index (κ2) is 12.7. The molecule has 2 fully saturated rings. The number of aromatic nitrogens is 2. The molecule has 33 heavy (non-hydrogen) atoms. The fraction of sp³-hybridized carbons (Fsp3) is 0.815. The van der Waals surface area contributed by atoms with E-state index in [9.17, 15) is 9.90 Å². The summed E-state index contributed by atoms with van der Waals surface area (Å²) < 4.78 is 0. The van der Waals surface area contributed by atoms with Crippen LogP contribution in [0.1, 0.15) is 120 Å². The topological polar surface area (TPSA) is 87.1 Å². The van der Waals surface area contributed by atoms with Crippen LogP contribution in [0.25, 0.3) is 0 Å². The van der Waals surface area contributed by atoms with Crippen LogP contribution in [-0.2, 0) is 0 Å². The highest BCUT2D eigenvalue weighted by Crippen LogP contribution is 2.39. The monoisotopic (exact) mass is 458 g/mol. The molecule has 0 aromatic carbocycles. The molecule has 6 heteroatoms. The van der Waals surface area contributed by atoms with Crippen molar-refractivity contribution in [2.75, 3.05) is 11.9 Å². The van der Waals surface area contributed by atoms with Crippen molar-refractivity contribution < 1.29 is 9.90 Å². The van der Waals surface area contributed by atoms with Crippen molar-refractivity contribution in [2.24, 2.45) is 17.8 Å². The van der Waals surface area contributed by atoms with Crippen LogP contribution in [0.2, 0.25) is 0 Å². The lowest BCUT2D eigenvalue weighted by molar-refractivity contribution is 0.0921. The van der Waals surface area contributed by atoms with Crippen LogP contribution in [0.5, 0.6) is 0 Å². The molecule has 1 aromatic heterocycles. The highest BCUT2D eigenvalue weighted by molar-refractivity contribution is 5.95. The third-order valence-electron chi connectivity index (χ3n) is 7.80. The smallest absolute Gasteiger partial charge is 0.254 e. The van der Waals surface area contributed by atoms with Gasteiger partial charge in [0.15, 0.2) is 0 Å². The van der Waals surface area contributed by atoms with Gasteiger partial charge >= 0.3 is 0 Å². The zero-order valence-electron chi connectivity index (χ0n) is 21.3. The number of anilines is 1. The second-order valence-corrected chi connectivity index (χ2v) is 10.8. The molecule has 0 radical (unpaired) electrons. The minimum atomic E-state index is -0.475. The van der Waals surface area contributed by atoms with Crippen LogP contribution in [0.15, 0.2) is 6.20 Å². The number of hydrogen-bond donors (Lipinski definition) is 3. The summed E-state index contributed by atoms with van der Waals surface area (Å²) in [6.07, 6.45) is 14.3. The zero-order valence-corrected chi connectivity index (χ0v) is 21.3. The number of carbonyl (C=O) groups is 1. The van der Waals surface area contributed by atoms with Gasteiger partial charge in [0.25, 0.3) is 5.91 Å². The van der Waals surface area contributed by atoms with Crippen LogP contribution >= 0.6 is 0 Å². The molecule has 2 aliphatic carbocycles. The molecule has 3 rings (SSSR count). The summed E-state index contributed by atoms with van der Waals surface area (Å²) in [4.78, 5) is 22.7. The number of aliphatic hydroxyl groups excluding tert-OH is 1. The van der Waals surface area contributed by atoms with Crippen LogP contribution in [0.4, 0.5) is 5.95 Å². The maximum atomic E-state index is 13.5. The molecular weight excluding hydrogens is 412 g/mol. The fourth-order valence-electron chi connectivity index (χ4n) is 5.85. The van der Waals surface area contributed by atoms with Gasteiger partial charge in [0.2, 0.25) is 5.95 Å². The molecule has 0 bridgehead atoms. The fourth-order valence-corrected chi connectivity index (χ4v) is 5.85. The molecular formula is C27H46N4O2. The molecule has 2 saturated carbocycles. The van der Waals surface area contributed by atoms with Gasteiger partial charge in [0.05, 0.1) is 17.4 Å². The minimum Gasteiger partial charge on any atom is -0.392 e. The Kier molecular flexibility index (Phi) is 9.96. The molecule has 0 spiro atoms. The lowest BCUT2D eigenvalue weighted by atomic mass is 9.88. The lowest BCUT2D eigenvalue weighted by Crippen LogP contribution is -2.38. The average molecular weight is 459 g/mol. The third-order valence-corrected chi connectivity index (χ3v) is 7.80. The number of rotatable bonds is 12. The molecule has 6 nitrogen and oxygen atoms in total. The summed E-state index contributed by atoms with van der Waals surface area (Å²) >= 11 is 0. The van der Waals surface area contributed by atoms with Crippen molar-refractivity contribution in [3.8, 4) is 0 Å². The molecule has 1 amide bonds. The summed E-state index contributed by atoms with van der Waals surface area (Å²) in [6.45, 7) is 9.04. The van der Waals surface area contributed by atoms with E-state index in [1.165, 1.54) is 51.4 Å². The Hall–Kier alpha value is -1.69. The quantitative estimate of drug-likeness (QED) is 0.375. The van der Waals surface area contributed by atoms with E-state index < -0.39 is 6.10 Å². The molecule has 1 aromatic rings. The van der Waals surface area contributed by atoms with Crippen molar-refractivity contribution in [3.05, 3.63) is 17.5 Å². The van der Waals surface area contributed by atoms with Gasteiger partial charge in [0, 0.05) is 24.7 Å². The number of nitrogens with one attached hydrogen (secondary N) is 2. The van der Waals surface area contributed by atoms with E-state index >= 15 is 0 Å². The van der Waals surface area contributed by atoms with Crippen LogP contribution in [0, 0.1) is 17.8 Å². The first kappa shape index (κ1) is 25.9. The van der Waals surface area contributed by atoms with Crippen molar-refractivity contribution in [3.63, 3.8) is 0 Å². The Labute approximate surface area is 200 Å². The number of carbonyl (C=O) groups excluding carboxylic acids is 1. The summed E-state index contributed by atoms with van der Waals surface area (Å²) in [5, 5.41) is 16.1. The van der Waals surface area contributed by atoms with E-state index in [-0.39, 0.29) is 11.9 Å². The van der Waals surface area contributed by atoms with Gasteiger partial charge in [-0.15, -0.1) is 0 Å². The standard InChI is InChI=1S/C27H46N4O2/c1-5-7-10-18(3)13-22-14-20(6-2)15-24(22)30-26(33)23-17-29-27(28-16-19(4)32)31-25(23)21-11-8-9-12-21/h17-22,24,32H,5-16H2,1-4H3,(H,30,33)(H,28,29,31)/t18?,19?,20?,22?,24-/m1/s1. The number of unbranched alkanes of at least 4 members (excludes halogenated alkanes) is 1. The van der Waals surface area contributed by atoms with Crippen molar-refractivity contribution in [1.29, 1.82) is 0 Å². The molecule has 0 aliphatic heterocycles. The van der Waals surface area contributed by atoms with E-state index in [0.29, 0.717) is 41.7 Å². The Balaban J connectivity index is 1.73. The molecule has 1 heterocycles. The van der Waals surface area contributed by atoms with Crippen molar-refractivity contribution in [2.45, 2.75) is 116 Å². The number of hydrogen-bond acceptors (Lipinski definition) is 5. The largest absolute Gasteiger partial charge is 0.392 e. The Bertz CT molecular complexity index is 748. The lowest BCUT2D eigenvalue weighted by Gasteiger charge is -2.25. The summed E-state index contributed by atoms with van der Waals surface area (Å²) in [7, 11) is 0. The molecule has 186 valence electrons. The van der Waals surface area contributed by atoms with Gasteiger partial charge < -0.3 is 15.7 Å². The van der Waals surface area contributed by atoms with Crippen molar-refractivity contribution in [1.82, 2.24) is 15.3 Å². The van der Waals surface area contributed by atoms with Gasteiger partial charge in [-0.05, 0) is 56.8 Å². The van der Waals surface area contributed by atoms with E-state index in [4.69, 9.17) is 4.98 Å². The predicted molar refractivity (Wildman–Crippen MR) is 134 cm³/mol. The first-order valence-electron chi connectivity index (χ1n) is 13.5. The van der Waals surface area contributed by atoms with Gasteiger partial charge in [-0.3, -0.25) is 4.79 Å². The third kappa shape index (κ3) is 7.40. The van der Waals surface area contributed by atoms with Gasteiger partial charge in [-0.1, -0.05) is 59.3 Å². The number of nitrogens with zero attached hydrogens (tertiary/aromatic N) is 2. The first-order valence-corrected chi connectivity index (χ1v) is 13.5. The van der Waals surface area contributed by atoms with Crippen LogP contribution in [-0.4, -0.2) is 39.7 Å². The Morgan fingerprint density at radius 2 is 1.97 bits per heavy atom. The highest BCUT2D eigenvalue weighted by Gasteiger charge is 2.36. The maximum absolute atomic E-state index is 13.5. The predicted octanol–water partition coefficient (Wildman–Crippen LogP) is 5.68. The molecule has 0 saturated heterocycles. The minimum absolute atomic E-state index is 0.00746. The number of aliphatic hydroxyl groups is 1. The SMILES string of the molecule is CCCCC(C)CC1CC(CC)C[C@H]1NC(=O)c1cnc(NCC(C)O)nc1C1CCCC1. The summed E-state index contributed by atoms with van der Waals surface area (Å²) in [5.41, 5.74) is 1.52. The normalized spacial score (nSPS) is 25.2. The van der Waals surface area contributed by atoms with E-state index in [0.717, 1.165) is 25.0 Å². The molecule has 5 atom stereocenters. The molecule has 4 unspecified atom stereocenters.